The smallest absolute Gasteiger partial charge is 0.252 e. The van der Waals surface area contributed by atoms with Crippen molar-refractivity contribution in [2.45, 2.75) is 13.0 Å². The van der Waals surface area contributed by atoms with Gasteiger partial charge in [0.15, 0.2) is 5.82 Å². The molecular weight excluding hydrogens is 369 g/mol. The molecule has 0 spiro atoms. The molecule has 2 rings (SSSR count). The molecule has 18 heavy (non-hydrogen) atoms. The molecule has 94 valence electrons. The van der Waals surface area contributed by atoms with Crippen molar-refractivity contribution < 1.29 is 4.79 Å². The van der Waals surface area contributed by atoms with E-state index < -0.39 is 0 Å². The molecule has 6 nitrogen and oxygen atoms in total. The van der Waals surface area contributed by atoms with Crippen LogP contribution in [0.2, 0.25) is 5.02 Å². The summed E-state index contributed by atoms with van der Waals surface area (Å²) in [5.41, 5.74) is 0.526. The predicted octanol–water partition coefficient (Wildman–Crippen LogP) is 1.95. The molecule has 0 saturated carbocycles. The Morgan fingerprint density at radius 1 is 1.56 bits per heavy atom. The van der Waals surface area contributed by atoms with E-state index in [2.05, 4.69) is 48.5 Å². The fourth-order valence-corrected chi connectivity index (χ4v) is 2.12. The van der Waals surface area contributed by atoms with Gasteiger partial charge in [-0.1, -0.05) is 16.8 Å². The standard InChI is InChI=1S/C10H9ClIN5O/c1-5(9-14-16-17-15-9)13-10(18)7-4-6(11)2-3-8(7)12/h2-5H,1H3,(H,13,18)(H,14,15,16,17). The van der Waals surface area contributed by atoms with Gasteiger partial charge in [-0.15, -0.1) is 10.2 Å². The van der Waals surface area contributed by atoms with Crippen LogP contribution in [0.15, 0.2) is 18.2 Å². The van der Waals surface area contributed by atoms with Crippen molar-refractivity contribution in [3.05, 3.63) is 38.2 Å². The summed E-state index contributed by atoms with van der Waals surface area (Å²) >= 11 is 7.96. The van der Waals surface area contributed by atoms with E-state index in [1.54, 1.807) is 25.1 Å². The second kappa shape index (κ2) is 5.61. The summed E-state index contributed by atoms with van der Waals surface area (Å²) in [4.78, 5) is 12.1. The monoisotopic (exact) mass is 377 g/mol. The van der Waals surface area contributed by atoms with Crippen LogP contribution in [0.5, 0.6) is 0 Å². The maximum absolute atomic E-state index is 12.1. The van der Waals surface area contributed by atoms with Gasteiger partial charge in [0, 0.05) is 8.59 Å². The molecule has 0 aliphatic carbocycles. The van der Waals surface area contributed by atoms with Crippen LogP contribution in [0.1, 0.15) is 29.1 Å². The van der Waals surface area contributed by atoms with Crippen LogP contribution in [-0.2, 0) is 0 Å². The number of nitrogens with zero attached hydrogens (tertiary/aromatic N) is 3. The molecule has 2 N–H and O–H groups in total. The zero-order valence-electron chi connectivity index (χ0n) is 9.32. The minimum atomic E-state index is -0.328. The number of hydrogen-bond acceptors (Lipinski definition) is 4. The lowest BCUT2D eigenvalue weighted by Gasteiger charge is -2.11. The SMILES string of the molecule is CC(NC(=O)c1cc(Cl)ccc1I)c1nn[nH]n1. The minimum absolute atomic E-state index is 0.223. The molecule has 0 saturated heterocycles. The van der Waals surface area contributed by atoms with Crippen molar-refractivity contribution >= 4 is 40.1 Å². The third kappa shape index (κ3) is 2.96. The average molecular weight is 378 g/mol. The fourth-order valence-electron chi connectivity index (χ4n) is 1.36. The Morgan fingerprint density at radius 3 is 3.00 bits per heavy atom. The number of halogens is 2. The molecule has 0 fully saturated rings. The van der Waals surface area contributed by atoms with Crippen LogP contribution in [0.3, 0.4) is 0 Å². The van der Waals surface area contributed by atoms with Crippen molar-refractivity contribution in [1.29, 1.82) is 0 Å². The van der Waals surface area contributed by atoms with Crippen molar-refractivity contribution in [2.75, 3.05) is 0 Å². The number of aromatic nitrogens is 4. The number of nitrogens with one attached hydrogen (secondary N) is 2. The van der Waals surface area contributed by atoms with E-state index in [9.17, 15) is 4.79 Å². The molecule has 0 aliphatic heterocycles. The molecule has 1 aromatic heterocycles. The summed E-state index contributed by atoms with van der Waals surface area (Å²) < 4.78 is 0.829. The van der Waals surface area contributed by atoms with Gasteiger partial charge < -0.3 is 5.32 Å². The molecule has 0 radical (unpaired) electrons. The van der Waals surface area contributed by atoms with E-state index in [0.29, 0.717) is 16.4 Å². The van der Waals surface area contributed by atoms with E-state index in [4.69, 9.17) is 11.6 Å². The molecular formula is C10H9ClIN5O. The highest BCUT2D eigenvalue weighted by Crippen LogP contribution is 2.18. The molecule has 8 heteroatoms. The highest BCUT2D eigenvalue weighted by molar-refractivity contribution is 14.1. The second-order valence-electron chi connectivity index (χ2n) is 3.59. The Bertz CT molecular complexity index is 559. The first-order valence-corrected chi connectivity index (χ1v) is 6.53. The number of aromatic amines is 1. The quantitative estimate of drug-likeness (QED) is 0.801. The van der Waals surface area contributed by atoms with E-state index >= 15 is 0 Å². The van der Waals surface area contributed by atoms with Crippen LogP contribution < -0.4 is 5.32 Å². The molecule has 0 aliphatic rings. The van der Waals surface area contributed by atoms with Gasteiger partial charge in [0.25, 0.3) is 5.91 Å². The Labute approximate surface area is 122 Å². The number of carbonyl (C=O) groups excluding carboxylic acids is 1. The first-order chi connectivity index (χ1) is 8.58. The first kappa shape index (κ1) is 13.2. The number of amides is 1. The molecule has 1 amide bonds. The van der Waals surface area contributed by atoms with E-state index in [-0.39, 0.29) is 11.9 Å². The summed E-state index contributed by atoms with van der Waals surface area (Å²) in [5.74, 6) is 0.208. The van der Waals surface area contributed by atoms with Crippen molar-refractivity contribution in [2.24, 2.45) is 0 Å². The lowest BCUT2D eigenvalue weighted by molar-refractivity contribution is 0.0937. The molecule has 1 heterocycles. The molecule has 2 aromatic rings. The third-order valence-electron chi connectivity index (χ3n) is 2.27. The summed E-state index contributed by atoms with van der Waals surface area (Å²) in [7, 11) is 0. The number of H-pyrrole nitrogens is 1. The van der Waals surface area contributed by atoms with Gasteiger partial charge >= 0.3 is 0 Å². The van der Waals surface area contributed by atoms with Crippen molar-refractivity contribution in [3.8, 4) is 0 Å². The Hall–Kier alpha value is -1.22. The topological polar surface area (TPSA) is 83.6 Å². The molecule has 1 atom stereocenters. The lowest BCUT2D eigenvalue weighted by atomic mass is 10.2. The van der Waals surface area contributed by atoms with E-state index in [1.807, 2.05) is 0 Å². The highest BCUT2D eigenvalue weighted by atomic mass is 127. The van der Waals surface area contributed by atoms with Gasteiger partial charge in [-0.3, -0.25) is 4.79 Å². The van der Waals surface area contributed by atoms with Crippen LogP contribution in [0.25, 0.3) is 0 Å². The van der Waals surface area contributed by atoms with Gasteiger partial charge in [0.05, 0.1) is 11.6 Å². The third-order valence-corrected chi connectivity index (χ3v) is 3.45. The number of tetrazole rings is 1. The zero-order chi connectivity index (χ0) is 13.1. The summed E-state index contributed by atoms with van der Waals surface area (Å²) in [5, 5.41) is 16.7. The molecule has 1 unspecified atom stereocenters. The summed E-state index contributed by atoms with van der Waals surface area (Å²) in [6.07, 6.45) is 0. The highest BCUT2D eigenvalue weighted by Gasteiger charge is 2.16. The van der Waals surface area contributed by atoms with E-state index in [1.165, 1.54) is 0 Å². The van der Waals surface area contributed by atoms with Gasteiger partial charge in [-0.05, 0) is 47.7 Å². The normalized spacial score (nSPS) is 12.2. The minimum Gasteiger partial charge on any atom is -0.342 e. The summed E-state index contributed by atoms with van der Waals surface area (Å²) in [6.45, 7) is 1.78. The predicted molar refractivity (Wildman–Crippen MR) is 74.2 cm³/mol. The average Bonchev–Trinajstić information content (AvgIpc) is 2.85. The zero-order valence-corrected chi connectivity index (χ0v) is 12.2. The van der Waals surface area contributed by atoms with Crippen molar-refractivity contribution in [3.63, 3.8) is 0 Å². The molecule has 0 bridgehead atoms. The van der Waals surface area contributed by atoms with Crippen LogP contribution in [0.4, 0.5) is 0 Å². The van der Waals surface area contributed by atoms with Crippen LogP contribution >= 0.6 is 34.2 Å². The second-order valence-corrected chi connectivity index (χ2v) is 5.19. The van der Waals surface area contributed by atoms with Crippen LogP contribution in [0, 0.1) is 3.57 Å². The maximum atomic E-state index is 12.1. The largest absolute Gasteiger partial charge is 0.342 e. The van der Waals surface area contributed by atoms with Gasteiger partial charge in [-0.25, -0.2) is 0 Å². The number of benzene rings is 1. The van der Waals surface area contributed by atoms with Gasteiger partial charge in [0.2, 0.25) is 0 Å². The van der Waals surface area contributed by atoms with Gasteiger partial charge in [0.1, 0.15) is 0 Å². The summed E-state index contributed by atoms with van der Waals surface area (Å²) in [6, 6.07) is 4.83. The Kier molecular flexibility index (Phi) is 4.12. The lowest BCUT2D eigenvalue weighted by Crippen LogP contribution is -2.28. The van der Waals surface area contributed by atoms with Crippen LogP contribution in [-0.4, -0.2) is 26.5 Å². The Morgan fingerprint density at radius 2 is 2.33 bits per heavy atom. The first-order valence-electron chi connectivity index (χ1n) is 5.07. The maximum Gasteiger partial charge on any atom is 0.252 e. The fraction of sp³-hybridized carbons (Fsp3) is 0.200. The number of hydrogen-bond donors (Lipinski definition) is 2. The number of rotatable bonds is 3. The van der Waals surface area contributed by atoms with Crippen molar-refractivity contribution in [1.82, 2.24) is 25.9 Å². The number of carbonyl (C=O) groups is 1. The molecule has 1 aromatic carbocycles. The van der Waals surface area contributed by atoms with E-state index in [0.717, 1.165) is 3.57 Å². The van der Waals surface area contributed by atoms with Gasteiger partial charge in [-0.2, -0.15) is 5.21 Å². The Balaban J connectivity index is 2.15.